The fourth-order valence-electron chi connectivity index (χ4n) is 2.41. The van der Waals surface area contributed by atoms with Crippen molar-refractivity contribution in [3.8, 4) is 0 Å². The van der Waals surface area contributed by atoms with Gasteiger partial charge in [0.15, 0.2) is 0 Å². The zero-order valence-electron chi connectivity index (χ0n) is 12.3. The van der Waals surface area contributed by atoms with Gasteiger partial charge in [-0.05, 0) is 43.7 Å². The van der Waals surface area contributed by atoms with Gasteiger partial charge in [0.1, 0.15) is 5.82 Å². The van der Waals surface area contributed by atoms with Gasteiger partial charge in [0.2, 0.25) is 0 Å². The Balaban J connectivity index is 2.40. The highest BCUT2D eigenvalue weighted by Crippen LogP contribution is 2.34. The predicted octanol–water partition coefficient (Wildman–Crippen LogP) is 4.73. The molecule has 2 rings (SSSR count). The molecule has 0 spiro atoms. The van der Waals surface area contributed by atoms with Crippen LogP contribution in [-0.4, -0.2) is 12.2 Å². The molecular weight excluding hydrogens is 289 g/mol. The number of nitrogens with zero attached hydrogens (tertiary/aromatic N) is 1. The van der Waals surface area contributed by atoms with Crippen LogP contribution in [0.3, 0.4) is 0 Å². The Labute approximate surface area is 129 Å². The van der Waals surface area contributed by atoms with Crippen molar-refractivity contribution in [3.63, 3.8) is 0 Å². The molecule has 2 atom stereocenters. The maximum Gasteiger partial charge on any atom is 0.123 e. The molecule has 2 aromatic rings. The Morgan fingerprint density at radius 2 is 1.76 bits per heavy atom. The molecule has 0 fully saturated rings. The number of rotatable bonds is 4. The summed E-state index contributed by atoms with van der Waals surface area (Å²) in [5.74, 6) is -0.353. The number of benzene rings is 2. The van der Waals surface area contributed by atoms with Crippen LogP contribution >= 0.6 is 11.6 Å². The maximum atomic E-state index is 13.4. The summed E-state index contributed by atoms with van der Waals surface area (Å²) in [6.45, 7) is 3.66. The van der Waals surface area contributed by atoms with Crippen LogP contribution in [0.5, 0.6) is 0 Å². The predicted molar refractivity (Wildman–Crippen MR) is 85.3 cm³/mol. The molecule has 0 aliphatic carbocycles. The van der Waals surface area contributed by atoms with Crippen molar-refractivity contribution in [2.75, 3.05) is 11.9 Å². The molecule has 0 aliphatic heterocycles. The van der Waals surface area contributed by atoms with Crippen LogP contribution in [0.2, 0.25) is 5.02 Å². The highest BCUT2D eigenvalue weighted by Gasteiger charge is 2.19. The summed E-state index contributed by atoms with van der Waals surface area (Å²) >= 11 is 6.24. The standard InChI is InChI=1S/C17H19ClFNO/c1-11(14-6-4-5-7-16(14)18)20(3)17-9-8-13(19)10-15(17)12(2)21/h4-12,21H,1-3H3/t11?,12-/m0/s1. The number of aliphatic hydroxyl groups is 1. The molecular formula is C17H19ClFNO. The highest BCUT2D eigenvalue weighted by molar-refractivity contribution is 6.31. The summed E-state index contributed by atoms with van der Waals surface area (Å²) in [7, 11) is 1.91. The number of aliphatic hydroxyl groups excluding tert-OH is 1. The lowest BCUT2D eigenvalue weighted by Crippen LogP contribution is -2.23. The SMILES string of the molecule is CC(c1ccccc1Cl)N(C)c1ccc(F)cc1[C@H](C)O. The first kappa shape index (κ1) is 15.8. The third-order valence-electron chi connectivity index (χ3n) is 3.76. The van der Waals surface area contributed by atoms with Gasteiger partial charge in [0, 0.05) is 23.3 Å². The Hall–Kier alpha value is -1.58. The third kappa shape index (κ3) is 3.36. The molecule has 0 saturated carbocycles. The fraction of sp³-hybridized carbons (Fsp3) is 0.294. The maximum absolute atomic E-state index is 13.4. The molecule has 21 heavy (non-hydrogen) atoms. The third-order valence-corrected chi connectivity index (χ3v) is 4.10. The number of hydrogen-bond acceptors (Lipinski definition) is 2. The zero-order valence-corrected chi connectivity index (χ0v) is 13.1. The van der Waals surface area contributed by atoms with Gasteiger partial charge >= 0.3 is 0 Å². The average molecular weight is 308 g/mol. The molecule has 2 aromatic carbocycles. The normalized spacial score (nSPS) is 13.8. The van der Waals surface area contributed by atoms with E-state index in [2.05, 4.69) is 0 Å². The van der Waals surface area contributed by atoms with E-state index in [9.17, 15) is 9.50 Å². The van der Waals surface area contributed by atoms with Gasteiger partial charge in [0.25, 0.3) is 0 Å². The first-order valence-electron chi connectivity index (χ1n) is 6.86. The lowest BCUT2D eigenvalue weighted by atomic mass is 10.0. The second kappa shape index (κ2) is 6.46. The lowest BCUT2D eigenvalue weighted by molar-refractivity contribution is 0.199. The van der Waals surface area contributed by atoms with Crippen LogP contribution in [0.4, 0.5) is 10.1 Å². The van der Waals surface area contributed by atoms with Crippen LogP contribution in [0.15, 0.2) is 42.5 Å². The first-order valence-corrected chi connectivity index (χ1v) is 7.24. The first-order chi connectivity index (χ1) is 9.91. The van der Waals surface area contributed by atoms with Crippen LogP contribution in [0.25, 0.3) is 0 Å². The molecule has 0 radical (unpaired) electrons. The summed E-state index contributed by atoms with van der Waals surface area (Å²) in [6, 6.07) is 12.1. The van der Waals surface area contributed by atoms with E-state index >= 15 is 0 Å². The molecule has 2 nitrogen and oxygen atoms in total. The van der Waals surface area contributed by atoms with Crippen molar-refractivity contribution < 1.29 is 9.50 Å². The summed E-state index contributed by atoms with van der Waals surface area (Å²) in [6.07, 6.45) is -0.739. The Morgan fingerprint density at radius 1 is 1.10 bits per heavy atom. The van der Waals surface area contributed by atoms with Crippen LogP contribution in [0.1, 0.15) is 37.1 Å². The van der Waals surface area contributed by atoms with Crippen molar-refractivity contribution >= 4 is 17.3 Å². The van der Waals surface area contributed by atoms with Crippen LogP contribution < -0.4 is 4.90 Å². The Kier molecular flexibility index (Phi) is 4.86. The molecule has 0 heterocycles. The average Bonchev–Trinajstić information content (AvgIpc) is 2.46. The van der Waals surface area contributed by atoms with Gasteiger partial charge in [-0.1, -0.05) is 29.8 Å². The van der Waals surface area contributed by atoms with E-state index in [4.69, 9.17) is 11.6 Å². The zero-order chi connectivity index (χ0) is 15.6. The second-order valence-corrected chi connectivity index (χ2v) is 5.59. The van der Waals surface area contributed by atoms with Crippen molar-refractivity contribution in [2.24, 2.45) is 0 Å². The molecule has 0 aliphatic rings. The Bertz CT molecular complexity index is 630. The van der Waals surface area contributed by atoms with E-state index in [1.54, 1.807) is 13.0 Å². The second-order valence-electron chi connectivity index (χ2n) is 5.19. The number of hydrogen-bond donors (Lipinski definition) is 1. The summed E-state index contributed by atoms with van der Waals surface area (Å²) in [4.78, 5) is 1.99. The minimum Gasteiger partial charge on any atom is -0.389 e. The van der Waals surface area contributed by atoms with Crippen molar-refractivity contribution in [2.45, 2.75) is 26.0 Å². The van der Waals surface area contributed by atoms with E-state index < -0.39 is 6.10 Å². The quantitative estimate of drug-likeness (QED) is 0.882. The van der Waals surface area contributed by atoms with Gasteiger partial charge < -0.3 is 10.0 Å². The van der Waals surface area contributed by atoms with Gasteiger partial charge in [0.05, 0.1) is 12.1 Å². The molecule has 112 valence electrons. The largest absolute Gasteiger partial charge is 0.389 e. The molecule has 0 aromatic heterocycles. The Morgan fingerprint density at radius 3 is 2.38 bits per heavy atom. The highest BCUT2D eigenvalue weighted by atomic mass is 35.5. The monoisotopic (exact) mass is 307 g/mol. The van der Waals surface area contributed by atoms with E-state index in [1.807, 2.05) is 43.1 Å². The minimum atomic E-state index is -0.739. The van der Waals surface area contributed by atoms with Gasteiger partial charge in [-0.3, -0.25) is 0 Å². The van der Waals surface area contributed by atoms with Crippen LogP contribution in [0, 0.1) is 5.82 Å². The topological polar surface area (TPSA) is 23.5 Å². The number of anilines is 1. The molecule has 1 unspecified atom stereocenters. The van der Waals surface area contributed by atoms with Crippen molar-refractivity contribution in [1.82, 2.24) is 0 Å². The van der Waals surface area contributed by atoms with Crippen molar-refractivity contribution in [1.29, 1.82) is 0 Å². The molecule has 1 N–H and O–H groups in total. The minimum absolute atomic E-state index is 0.00154. The van der Waals surface area contributed by atoms with Crippen molar-refractivity contribution in [3.05, 3.63) is 64.4 Å². The van der Waals surface area contributed by atoms with E-state index in [0.29, 0.717) is 10.6 Å². The van der Waals surface area contributed by atoms with Gasteiger partial charge in [-0.15, -0.1) is 0 Å². The van der Waals surface area contributed by atoms with E-state index in [0.717, 1.165) is 11.3 Å². The smallest absolute Gasteiger partial charge is 0.123 e. The number of halogens is 2. The van der Waals surface area contributed by atoms with Gasteiger partial charge in [-0.2, -0.15) is 0 Å². The van der Waals surface area contributed by atoms with Gasteiger partial charge in [-0.25, -0.2) is 4.39 Å². The molecule has 0 bridgehead atoms. The summed E-state index contributed by atoms with van der Waals surface area (Å²) < 4.78 is 13.4. The van der Waals surface area contributed by atoms with Crippen LogP contribution in [-0.2, 0) is 0 Å². The fourth-order valence-corrected chi connectivity index (χ4v) is 2.71. The van der Waals surface area contributed by atoms with E-state index in [1.165, 1.54) is 12.1 Å². The lowest BCUT2D eigenvalue weighted by Gasteiger charge is -2.30. The van der Waals surface area contributed by atoms with E-state index in [-0.39, 0.29) is 11.9 Å². The molecule has 4 heteroatoms. The molecule has 0 amide bonds. The molecule has 0 saturated heterocycles. The summed E-state index contributed by atoms with van der Waals surface area (Å²) in [5, 5.41) is 10.6. The summed E-state index contributed by atoms with van der Waals surface area (Å²) in [5.41, 5.74) is 2.35.